The van der Waals surface area contributed by atoms with E-state index < -0.39 is 0 Å². The van der Waals surface area contributed by atoms with Crippen molar-refractivity contribution in [2.75, 3.05) is 26.4 Å². The van der Waals surface area contributed by atoms with Crippen LogP contribution < -0.4 is 0 Å². The van der Waals surface area contributed by atoms with Crippen LogP contribution in [0, 0.1) is 0 Å². The quantitative estimate of drug-likeness (QED) is 0.696. The number of hydrogen-bond acceptors (Lipinski definition) is 3. The number of carbonyl (C=O) groups is 1. The van der Waals surface area contributed by atoms with Gasteiger partial charge in [-0.05, 0) is 26.2 Å². The standard InChI is InChI=1S/C11H19NO3/c1-2-14-8-11(13)12-9-4-3-5-10(12)7-15-6-9/h9-10H,2-8H2,1H3. The van der Waals surface area contributed by atoms with Crippen LogP contribution in [-0.2, 0) is 14.3 Å². The fourth-order valence-electron chi connectivity index (χ4n) is 2.50. The number of nitrogens with zero attached hydrogens (tertiary/aromatic N) is 1. The van der Waals surface area contributed by atoms with E-state index in [2.05, 4.69) is 0 Å². The predicted octanol–water partition coefficient (Wildman–Crippen LogP) is 0.803. The van der Waals surface area contributed by atoms with Crippen LogP contribution in [-0.4, -0.2) is 49.3 Å². The molecule has 15 heavy (non-hydrogen) atoms. The lowest BCUT2D eigenvalue weighted by molar-refractivity contribution is -0.155. The van der Waals surface area contributed by atoms with Crippen molar-refractivity contribution in [2.45, 2.75) is 38.3 Å². The van der Waals surface area contributed by atoms with Crippen LogP contribution in [0.2, 0.25) is 0 Å². The van der Waals surface area contributed by atoms with E-state index in [9.17, 15) is 4.79 Å². The molecule has 2 aliphatic heterocycles. The number of carbonyl (C=O) groups excluding carboxylic acids is 1. The van der Waals surface area contributed by atoms with Gasteiger partial charge in [0.25, 0.3) is 0 Å². The van der Waals surface area contributed by atoms with Crippen molar-refractivity contribution in [3.05, 3.63) is 0 Å². The smallest absolute Gasteiger partial charge is 0.249 e. The molecule has 86 valence electrons. The second-order valence-electron chi connectivity index (χ2n) is 4.21. The van der Waals surface area contributed by atoms with E-state index in [-0.39, 0.29) is 12.5 Å². The predicted molar refractivity (Wildman–Crippen MR) is 55.6 cm³/mol. The lowest BCUT2D eigenvalue weighted by Crippen LogP contribution is -2.58. The van der Waals surface area contributed by atoms with Gasteiger partial charge in [0.1, 0.15) is 6.61 Å². The molecule has 2 rings (SSSR count). The molecule has 2 saturated heterocycles. The third kappa shape index (κ3) is 2.32. The van der Waals surface area contributed by atoms with Crippen LogP contribution in [0.25, 0.3) is 0 Å². The number of fused-ring (bicyclic) bond motifs is 2. The maximum Gasteiger partial charge on any atom is 0.249 e. The van der Waals surface area contributed by atoms with Crippen molar-refractivity contribution in [3.8, 4) is 0 Å². The summed E-state index contributed by atoms with van der Waals surface area (Å²) in [6, 6.07) is 0.593. The van der Waals surface area contributed by atoms with E-state index in [0.717, 1.165) is 12.8 Å². The summed E-state index contributed by atoms with van der Waals surface area (Å²) in [4.78, 5) is 13.9. The minimum Gasteiger partial charge on any atom is -0.377 e. The Hall–Kier alpha value is -0.610. The van der Waals surface area contributed by atoms with Crippen LogP contribution in [0.4, 0.5) is 0 Å². The van der Waals surface area contributed by atoms with Gasteiger partial charge >= 0.3 is 0 Å². The number of morpholine rings is 1. The van der Waals surface area contributed by atoms with Gasteiger partial charge in [-0.2, -0.15) is 0 Å². The van der Waals surface area contributed by atoms with Gasteiger partial charge in [0.2, 0.25) is 5.91 Å². The van der Waals surface area contributed by atoms with Gasteiger partial charge in [-0.15, -0.1) is 0 Å². The maximum absolute atomic E-state index is 11.9. The van der Waals surface area contributed by atoms with Gasteiger partial charge in [-0.1, -0.05) is 0 Å². The topological polar surface area (TPSA) is 38.8 Å². The molecule has 0 aromatic heterocycles. The molecule has 0 spiro atoms. The highest BCUT2D eigenvalue weighted by atomic mass is 16.5. The molecule has 0 saturated carbocycles. The third-order valence-corrected chi connectivity index (χ3v) is 3.20. The molecule has 0 aliphatic carbocycles. The molecule has 0 aromatic rings. The highest BCUT2D eigenvalue weighted by molar-refractivity contribution is 5.78. The Labute approximate surface area is 90.5 Å². The van der Waals surface area contributed by atoms with Crippen molar-refractivity contribution < 1.29 is 14.3 Å². The lowest BCUT2D eigenvalue weighted by Gasteiger charge is -2.45. The number of rotatable bonds is 3. The summed E-state index contributed by atoms with van der Waals surface area (Å²) in [6.45, 7) is 4.14. The van der Waals surface area contributed by atoms with Crippen LogP contribution in [0.3, 0.4) is 0 Å². The summed E-state index contributed by atoms with van der Waals surface area (Å²) in [5, 5.41) is 0. The Morgan fingerprint density at radius 3 is 2.67 bits per heavy atom. The highest BCUT2D eigenvalue weighted by Crippen LogP contribution is 2.27. The normalized spacial score (nSPS) is 30.3. The molecule has 4 heteroatoms. The molecular formula is C11H19NO3. The maximum atomic E-state index is 11.9. The molecule has 1 amide bonds. The van der Waals surface area contributed by atoms with Gasteiger partial charge in [0.15, 0.2) is 0 Å². The van der Waals surface area contributed by atoms with E-state index in [0.29, 0.717) is 31.9 Å². The summed E-state index contributed by atoms with van der Waals surface area (Å²) in [5.74, 6) is 0.134. The zero-order valence-corrected chi connectivity index (χ0v) is 9.28. The first-order chi connectivity index (χ1) is 7.33. The van der Waals surface area contributed by atoms with Gasteiger partial charge in [0.05, 0.1) is 25.3 Å². The Balaban J connectivity index is 1.96. The SMILES string of the molecule is CCOCC(=O)N1C2CCCC1COC2. The zero-order chi connectivity index (χ0) is 10.7. The van der Waals surface area contributed by atoms with Crippen LogP contribution >= 0.6 is 0 Å². The first-order valence-electron chi connectivity index (χ1n) is 5.79. The number of hydrogen-bond donors (Lipinski definition) is 0. The Morgan fingerprint density at radius 2 is 2.07 bits per heavy atom. The summed E-state index contributed by atoms with van der Waals surface area (Å²) in [7, 11) is 0. The molecule has 0 radical (unpaired) electrons. The number of ether oxygens (including phenoxy) is 2. The van der Waals surface area contributed by atoms with Gasteiger partial charge in [0, 0.05) is 6.61 Å². The summed E-state index contributed by atoms with van der Waals surface area (Å²) in [5.41, 5.74) is 0. The summed E-state index contributed by atoms with van der Waals surface area (Å²) < 4.78 is 10.7. The summed E-state index contributed by atoms with van der Waals surface area (Å²) >= 11 is 0. The molecule has 2 unspecified atom stereocenters. The molecule has 2 bridgehead atoms. The molecule has 0 N–H and O–H groups in total. The van der Waals surface area contributed by atoms with Crippen molar-refractivity contribution in [1.29, 1.82) is 0 Å². The third-order valence-electron chi connectivity index (χ3n) is 3.20. The average molecular weight is 213 g/mol. The molecule has 2 aliphatic rings. The van der Waals surface area contributed by atoms with Crippen molar-refractivity contribution >= 4 is 5.91 Å². The zero-order valence-electron chi connectivity index (χ0n) is 9.28. The number of piperidine rings is 1. The largest absolute Gasteiger partial charge is 0.377 e. The second kappa shape index (κ2) is 4.94. The van der Waals surface area contributed by atoms with E-state index in [1.54, 1.807) is 0 Å². The van der Waals surface area contributed by atoms with Gasteiger partial charge < -0.3 is 14.4 Å². The van der Waals surface area contributed by atoms with E-state index in [1.165, 1.54) is 6.42 Å². The van der Waals surface area contributed by atoms with Crippen LogP contribution in [0.15, 0.2) is 0 Å². The minimum atomic E-state index is 0.134. The van der Waals surface area contributed by atoms with Crippen LogP contribution in [0.5, 0.6) is 0 Å². The highest BCUT2D eigenvalue weighted by Gasteiger charge is 2.37. The number of amides is 1. The Morgan fingerprint density at radius 1 is 1.40 bits per heavy atom. The Bertz CT molecular complexity index is 210. The van der Waals surface area contributed by atoms with Crippen molar-refractivity contribution in [1.82, 2.24) is 4.90 Å². The summed E-state index contributed by atoms with van der Waals surface area (Å²) in [6.07, 6.45) is 3.37. The van der Waals surface area contributed by atoms with E-state index in [1.807, 2.05) is 11.8 Å². The Kier molecular flexibility index (Phi) is 3.59. The first kappa shape index (κ1) is 10.9. The molecule has 2 fully saturated rings. The van der Waals surface area contributed by atoms with E-state index >= 15 is 0 Å². The molecule has 0 aromatic carbocycles. The first-order valence-corrected chi connectivity index (χ1v) is 5.79. The fraction of sp³-hybridized carbons (Fsp3) is 0.909. The molecule has 4 nitrogen and oxygen atoms in total. The van der Waals surface area contributed by atoms with Crippen molar-refractivity contribution in [2.24, 2.45) is 0 Å². The van der Waals surface area contributed by atoms with Gasteiger partial charge in [-0.25, -0.2) is 0 Å². The average Bonchev–Trinajstić information content (AvgIpc) is 2.24. The fourth-order valence-corrected chi connectivity index (χ4v) is 2.50. The molecule has 2 atom stereocenters. The molecular weight excluding hydrogens is 194 g/mol. The van der Waals surface area contributed by atoms with Crippen molar-refractivity contribution in [3.63, 3.8) is 0 Å². The lowest BCUT2D eigenvalue weighted by atomic mass is 9.94. The monoisotopic (exact) mass is 213 g/mol. The second-order valence-corrected chi connectivity index (χ2v) is 4.21. The molecule has 2 heterocycles. The van der Waals surface area contributed by atoms with Crippen LogP contribution in [0.1, 0.15) is 26.2 Å². The van der Waals surface area contributed by atoms with E-state index in [4.69, 9.17) is 9.47 Å². The minimum absolute atomic E-state index is 0.134. The van der Waals surface area contributed by atoms with Gasteiger partial charge in [-0.3, -0.25) is 4.79 Å².